The van der Waals surface area contributed by atoms with Gasteiger partial charge in [-0.2, -0.15) is 0 Å². The standard InChI is InChI=1S/C17H24N2OS/c1-2-3-5-12-7-9-13(10-8-12)16-15(17(18)20-19-16)14-6-4-11-21-14/h4,6,11-13H,2-3,5,7-10,18H2,1H3. The minimum atomic E-state index is 0.473. The van der Waals surface area contributed by atoms with Crippen LogP contribution < -0.4 is 5.73 Å². The molecule has 0 aliphatic heterocycles. The van der Waals surface area contributed by atoms with Gasteiger partial charge in [-0.15, -0.1) is 11.3 Å². The first-order valence-electron chi connectivity index (χ1n) is 8.08. The van der Waals surface area contributed by atoms with E-state index < -0.39 is 0 Å². The summed E-state index contributed by atoms with van der Waals surface area (Å²) in [6.45, 7) is 2.27. The first-order chi connectivity index (χ1) is 10.3. The van der Waals surface area contributed by atoms with Crippen LogP contribution in [0, 0.1) is 5.92 Å². The Morgan fingerprint density at radius 1 is 1.33 bits per heavy atom. The first kappa shape index (κ1) is 14.6. The fraction of sp³-hybridized carbons (Fsp3) is 0.588. The molecule has 0 aromatic carbocycles. The Balaban J connectivity index is 1.72. The van der Waals surface area contributed by atoms with E-state index in [4.69, 9.17) is 10.3 Å². The average molecular weight is 304 g/mol. The Morgan fingerprint density at radius 3 is 2.81 bits per heavy atom. The van der Waals surface area contributed by atoms with E-state index in [0.29, 0.717) is 11.8 Å². The molecular formula is C17H24N2OS. The summed E-state index contributed by atoms with van der Waals surface area (Å²) in [5, 5.41) is 6.37. The van der Waals surface area contributed by atoms with Gasteiger partial charge in [0.05, 0.1) is 11.3 Å². The zero-order valence-corrected chi connectivity index (χ0v) is 13.5. The molecule has 0 bridgehead atoms. The van der Waals surface area contributed by atoms with Crippen LogP contribution in [0.15, 0.2) is 22.0 Å². The van der Waals surface area contributed by atoms with Crippen molar-refractivity contribution in [2.24, 2.45) is 5.92 Å². The molecule has 0 radical (unpaired) electrons. The fourth-order valence-corrected chi connectivity index (χ4v) is 4.26. The van der Waals surface area contributed by atoms with Gasteiger partial charge in [-0.3, -0.25) is 0 Å². The number of nitrogen functional groups attached to an aromatic ring is 1. The molecule has 2 aromatic heterocycles. The quantitative estimate of drug-likeness (QED) is 0.799. The van der Waals surface area contributed by atoms with Crippen LogP contribution in [0.5, 0.6) is 0 Å². The van der Waals surface area contributed by atoms with E-state index >= 15 is 0 Å². The number of hydrogen-bond donors (Lipinski definition) is 1. The summed E-state index contributed by atoms with van der Waals surface area (Å²) in [6, 6.07) is 4.15. The third kappa shape index (κ3) is 3.15. The van der Waals surface area contributed by atoms with Crippen molar-refractivity contribution in [1.29, 1.82) is 0 Å². The highest BCUT2D eigenvalue weighted by molar-refractivity contribution is 7.13. The summed E-state index contributed by atoms with van der Waals surface area (Å²) in [6.07, 6.45) is 9.15. The zero-order chi connectivity index (χ0) is 14.7. The summed E-state index contributed by atoms with van der Waals surface area (Å²) in [7, 11) is 0. The molecular weight excluding hydrogens is 280 g/mol. The number of aromatic nitrogens is 1. The molecule has 1 aliphatic carbocycles. The Labute approximate surface area is 130 Å². The molecule has 1 saturated carbocycles. The van der Waals surface area contributed by atoms with Gasteiger partial charge in [-0.1, -0.05) is 37.4 Å². The van der Waals surface area contributed by atoms with Crippen LogP contribution in [0.25, 0.3) is 10.4 Å². The van der Waals surface area contributed by atoms with Gasteiger partial charge >= 0.3 is 0 Å². The van der Waals surface area contributed by atoms with Crippen LogP contribution in [-0.4, -0.2) is 5.16 Å². The lowest BCUT2D eigenvalue weighted by atomic mass is 9.78. The smallest absolute Gasteiger partial charge is 0.231 e. The van der Waals surface area contributed by atoms with Gasteiger partial charge in [-0.25, -0.2) is 0 Å². The molecule has 3 rings (SSSR count). The lowest BCUT2D eigenvalue weighted by molar-refractivity contribution is 0.295. The van der Waals surface area contributed by atoms with Crippen molar-refractivity contribution < 1.29 is 4.52 Å². The molecule has 0 saturated heterocycles. The van der Waals surface area contributed by atoms with E-state index in [-0.39, 0.29) is 0 Å². The second-order valence-corrected chi connectivity index (χ2v) is 7.09. The normalized spacial score (nSPS) is 22.5. The number of nitrogens with two attached hydrogens (primary N) is 1. The van der Waals surface area contributed by atoms with Crippen molar-refractivity contribution in [3.05, 3.63) is 23.2 Å². The van der Waals surface area contributed by atoms with E-state index in [0.717, 1.165) is 17.2 Å². The van der Waals surface area contributed by atoms with Crippen molar-refractivity contribution >= 4 is 17.2 Å². The number of nitrogens with zero attached hydrogens (tertiary/aromatic N) is 1. The van der Waals surface area contributed by atoms with Crippen LogP contribution in [0.1, 0.15) is 63.5 Å². The molecule has 2 heterocycles. The van der Waals surface area contributed by atoms with Crippen molar-refractivity contribution in [3.63, 3.8) is 0 Å². The van der Waals surface area contributed by atoms with Crippen LogP contribution in [0.4, 0.5) is 5.88 Å². The molecule has 21 heavy (non-hydrogen) atoms. The summed E-state index contributed by atoms with van der Waals surface area (Å²) in [4.78, 5) is 1.18. The maximum Gasteiger partial charge on any atom is 0.231 e. The molecule has 0 spiro atoms. The van der Waals surface area contributed by atoms with Crippen molar-refractivity contribution in [3.8, 4) is 10.4 Å². The summed E-state index contributed by atoms with van der Waals surface area (Å²) < 4.78 is 5.30. The zero-order valence-electron chi connectivity index (χ0n) is 12.7. The summed E-state index contributed by atoms with van der Waals surface area (Å²) >= 11 is 1.70. The molecule has 114 valence electrons. The third-order valence-corrected chi connectivity index (χ3v) is 5.60. The number of unbranched alkanes of at least 4 members (excludes halogenated alkanes) is 1. The van der Waals surface area contributed by atoms with Crippen LogP contribution in [-0.2, 0) is 0 Å². The van der Waals surface area contributed by atoms with Crippen LogP contribution in [0.3, 0.4) is 0 Å². The highest BCUT2D eigenvalue weighted by Gasteiger charge is 2.28. The highest BCUT2D eigenvalue weighted by atomic mass is 32.1. The largest absolute Gasteiger partial charge is 0.367 e. The Bertz CT molecular complexity index is 553. The monoisotopic (exact) mass is 304 g/mol. The van der Waals surface area contributed by atoms with E-state index in [9.17, 15) is 0 Å². The first-order valence-corrected chi connectivity index (χ1v) is 8.96. The highest BCUT2D eigenvalue weighted by Crippen LogP contribution is 2.43. The molecule has 2 aromatic rings. The fourth-order valence-electron chi connectivity index (χ4n) is 3.48. The molecule has 4 heteroatoms. The molecule has 0 unspecified atom stereocenters. The van der Waals surface area contributed by atoms with Gasteiger partial charge < -0.3 is 10.3 Å². The van der Waals surface area contributed by atoms with E-state index in [1.165, 1.54) is 49.8 Å². The number of hydrogen-bond acceptors (Lipinski definition) is 4. The molecule has 0 amide bonds. The number of rotatable bonds is 5. The maximum atomic E-state index is 6.01. The molecule has 3 nitrogen and oxygen atoms in total. The second kappa shape index (κ2) is 6.65. The van der Waals surface area contributed by atoms with Crippen molar-refractivity contribution in [1.82, 2.24) is 5.16 Å². The maximum absolute atomic E-state index is 6.01. The van der Waals surface area contributed by atoms with E-state index in [1.807, 2.05) is 0 Å². The Morgan fingerprint density at radius 2 is 2.14 bits per heavy atom. The van der Waals surface area contributed by atoms with Gasteiger partial charge in [0, 0.05) is 10.8 Å². The lowest BCUT2D eigenvalue weighted by Crippen LogP contribution is -2.14. The number of anilines is 1. The molecule has 2 N–H and O–H groups in total. The Hall–Kier alpha value is -1.29. The van der Waals surface area contributed by atoms with Gasteiger partial charge in [-0.05, 0) is 43.0 Å². The third-order valence-electron chi connectivity index (χ3n) is 4.71. The van der Waals surface area contributed by atoms with Crippen LogP contribution >= 0.6 is 11.3 Å². The van der Waals surface area contributed by atoms with Gasteiger partial charge in [0.1, 0.15) is 0 Å². The van der Waals surface area contributed by atoms with E-state index in [1.54, 1.807) is 11.3 Å². The predicted octanol–water partition coefficient (Wildman–Crippen LogP) is 5.45. The second-order valence-electron chi connectivity index (χ2n) is 6.14. The van der Waals surface area contributed by atoms with Gasteiger partial charge in [0.2, 0.25) is 5.88 Å². The summed E-state index contributed by atoms with van der Waals surface area (Å²) in [5.41, 5.74) is 8.14. The molecule has 1 fully saturated rings. The SMILES string of the molecule is CCCCC1CCC(c2noc(N)c2-c2cccs2)CC1. The summed E-state index contributed by atoms with van der Waals surface area (Å²) in [5.74, 6) is 1.90. The predicted molar refractivity (Wildman–Crippen MR) is 88.5 cm³/mol. The molecule has 0 atom stereocenters. The minimum absolute atomic E-state index is 0.473. The van der Waals surface area contributed by atoms with Crippen molar-refractivity contribution in [2.45, 2.75) is 57.8 Å². The molecule has 1 aliphatic rings. The number of thiophene rings is 1. The average Bonchev–Trinajstić information content (AvgIpc) is 3.14. The van der Waals surface area contributed by atoms with Crippen molar-refractivity contribution in [2.75, 3.05) is 5.73 Å². The topological polar surface area (TPSA) is 52.0 Å². The van der Waals surface area contributed by atoms with Crippen LogP contribution in [0.2, 0.25) is 0 Å². The van der Waals surface area contributed by atoms with E-state index in [2.05, 4.69) is 29.6 Å². The Kier molecular flexibility index (Phi) is 4.63. The minimum Gasteiger partial charge on any atom is -0.367 e. The van der Waals surface area contributed by atoms with Gasteiger partial charge in [0.15, 0.2) is 0 Å². The van der Waals surface area contributed by atoms with Gasteiger partial charge in [0.25, 0.3) is 0 Å². The lowest BCUT2D eigenvalue weighted by Gasteiger charge is -2.27.